The van der Waals surface area contributed by atoms with Crippen LogP contribution in [-0.2, 0) is 4.79 Å². The van der Waals surface area contributed by atoms with E-state index in [0.717, 1.165) is 41.5 Å². The van der Waals surface area contributed by atoms with E-state index < -0.39 is 0 Å². The summed E-state index contributed by atoms with van der Waals surface area (Å²) in [6.07, 6.45) is 2.82. The maximum Gasteiger partial charge on any atom is 0.244 e. The minimum absolute atomic E-state index is 0.0872. The molecule has 0 saturated carbocycles. The Morgan fingerprint density at radius 1 is 1.56 bits per heavy atom. The molecule has 1 heterocycles. The van der Waals surface area contributed by atoms with Crippen molar-refractivity contribution >= 4 is 27.5 Å². The fourth-order valence-electron chi connectivity index (χ4n) is 2.44. The number of anilines is 1. The van der Waals surface area contributed by atoms with E-state index in [2.05, 4.69) is 33.5 Å². The first-order valence-electron chi connectivity index (χ1n) is 6.40. The third kappa shape index (κ3) is 2.59. The van der Waals surface area contributed by atoms with Crippen LogP contribution >= 0.6 is 15.9 Å². The van der Waals surface area contributed by atoms with Crippen LogP contribution in [0.3, 0.4) is 0 Å². The van der Waals surface area contributed by atoms with Crippen LogP contribution in [0.2, 0.25) is 0 Å². The standard InChI is InChI=1S/C14H19BrN2O/c1-3-14(7-4-8-16-14)13(18)17-11-5-6-12(15)10(2)9-11/h5-6,9,16H,3-4,7-8H2,1-2H3,(H,17,18). The topological polar surface area (TPSA) is 41.1 Å². The number of halogens is 1. The number of aryl methyl sites for hydroxylation is 1. The lowest BCUT2D eigenvalue weighted by atomic mass is 9.93. The molecule has 4 heteroatoms. The minimum Gasteiger partial charge on any atom is -0.324 e. The van der Waals surface area contributed by atoms with Crippen molar-refractivity contribution in [3.63, 3.8) is 0 Å². The zero-order valence-corrected chi connectivity index (χ0v) is 12.4. The van der Waals surface area contributed by atoms with Crippen LogP contribution in [0.4, 0.5) is 5.69 Å². The maximum atomic E-state index is 12.4. The van der Waals surface area contributed by atoms with Crippen LogP contribution in [0.15, 0.2) is 22.7 Å². The number of amides is 1. The van der Waals surface area contributed by atoms with Crippen LogP contribution in [0, 0.1) is 6.92 Å². The molecule has 0 spiro atoms. The molecule has 98 valence electrons. The van der Waals surface area contributed by atoms with Crippen molar-refractivity contribution in [2.75, 3.05) is 11.9 Å². The number of carbonyl (C=O) groups excluding carboxylic acids is 1. The van der Waals surface area contributed by atoms with Gasteiger partial charge in [0.15, 0.2) is 0 Å². The van der Waals surface area contributed by atoms with Gasteiger partial charge < -0.3 is 10.6 Å². The van der Waals surface area contributed by atoms with Gasteiger partial charge in [-0.1, -0.05) is 22.9 Å². The van der Waals surface area contributed by atoms with Crippen molar-refractivity contribution in [2.45, 2.75) is 38.6 Å². The highest BCUT2D eigenvalue weighted by Gasteiger charge is 2.38. The molecule has 0 aliphatic carbocycles. The molecule has 1 unspecified atom stereocenters. The van der Waals surface area contributed by atoms with E-state index in [0.29, 0.717) is 0 Å². The average molecular weight is 311 g/mol. The molecular weight excluding hydrogens is 292 g/mol. The first-order valence-corrected chi connectivity index (χ1v) is 7.19. The maximum absolute atomic E-state index is 12.4. The first kappa shape index (κ1) is 13.6. The zero-order chi connectivity index (χ0) is 13.2. The van der Waals surface area contributed by atoms with Gasteiger partial charge in [-0.2, -0.15) is 0 Å². The molecule has 1 aromatic carbocycles. The van der Waals surface area contributed by atoms with Gasteiger partial charge in [-0.3, -0.25) is 4.79 Å². The van der Waals surface area contributed by atoms with Crippen molar-refractivity contribution in [1.29, 1.82) is 0 Å². The molecular formula is C14H19BrN2O. The highest BCUT2D eigenvalue weighted by Crippen LogP contribution is 2.26. The fraction of sp³-hybridized carbons (Fsp3) is 0.500. The largest absolute Gasteiger partial charge is 0.324 e. The van der Waals surface area contributed by atoms with E-state index in [1.807, 2.05) is 25.1 Å². The van der Waals surface area contributed by atoms with Crippen LogP contribution in [0.1, 0.15) is 31.7 Å². The van der Waals surface area contributed by atoms with Crippen LogP contribution in [0.5, 0.6) is 0 Å². The van der Waals surface area contributed by atoms with E-state index >= 15 is 0 Å². The van der Waals surface area contributed by atoms with E-state index in [4.69, 9.17) is 0 Å². The Morgan fingerprint density at radius 2 is 2.33 bits per heavy atom. The summed E-state index contributed by atoms with van der Waals surface area (Å²) in [5, 5.41) is 6.37. The second-order valence-corrected chi connectivity index (χ2v) is 5.74. The van der Waals surface area contributed by atoms with Crippen molar-refractivity contribution in [2.24, 2.45) is 0 Å². The monoisotopic (exact) mass is 310 g/mol. The van der Waals surface area contributed by atoms with Crippen LogP contribution in [-0.4, -0.2) is 18.0 Å². The van der Waals surface area contributed by atoms with E-state index in [9.17, 15) is 4.79 Å². The number of hydrogen-bond acceptors (Lipinski definition) is 2. The molecule has 0 radical (unpaired) electrons. The smallest absolute Gasteiger partial charge is 0.244 e. The van der Waals surface area contributed by atoms with Crippen LogP contribution < -0.4 is 10.6 Å². The molecule has 0 bridgehead atoms. The van der Waals surface area contributed by atoms with Gasteiger partial charge in [0.1, 0.15) is 0 Å². The lowest BCUT2D eigenvalue weighted by molar-refractivity contribution is -0.122. The lowest BCUT2D eigenvalue weighted by Gasteiger charge is -2.26. The Morgan fingerprint density at radius 3 is 2.89 bits per heavy atom. The van der Waals surface area contributed by atoms with Gasteiger partial charge in [-0.25, -0.2) is 0 Å². The summed E-state index contributed by atoms with van der Waals surface area (Å²) in [6.45, 7) is 5.01. The molecule has 1 aliphatic heterocycles. The molecule has 1 amide bonds. The van der Waals surface area contributed by atoms with Gasteiger partial charge in [-0.05, 0) is 56.5 Å². The van der Waals surface area contributed by atoms with E-state index in [1.165, 1.54) is 0 Å². The number of rotatable bonds is 3. The quantitative estimate of drug-likeness (QED) is 0.900. The SMILES string of the molecule is CCC1(C(=O)Nc2ccc(Br)c(C)c2)CCCN1. The third-order valence-corrected chi connectivity index (χ3v) is 4.59. The lowest BCUT2D eigenvalue weighted by Crippen LogP contribution is -2.50. The van der Waals surface area contributed by atoms with Gasteiger partial charge in [0.2, 0.25) is 5.91 Å². The summed E-state index contributed by atoms with van der Waals surface area (Å²) in [5.41, 5.74) is 1.61. The first-order chi connectivity index (χ1) is 8.57. The van der Waals surface area contributed by atoms with Gasteiger partial charge in [0, 0.05) is 10.2 Å². The Labute approximate surface area is 116 Å². The molecule has 2 N–H and O–H groups in total. The number of hydrogen-bond donors (Lipinski definition) is 2. The summed E-state index contributed by atoms with van der Waals surface area (Å²) < 4.78 is 1.06. The molecule has 18 heavy (non-hydrogen) atoms. The number of carbonyl (C=O) groups is 1. The van der Waals surface area contributed by atoms with Crippen molar-refractivity contribution in [3.05, 3.63) is 28.2 Å². The molecule has 3 nitrogen and oxygen atoms in total. The van der Waals surface area contributed by atoms with Crippen molar-refractivity contribution in [3.8, 4) is 0 Å². The van der Waals surface area contributed by atoms with E-state index in [1.54, 1.807) is 0 Å². The summed E-state index contributed by atoms with van der Waals surface area (Å²) in [6, 6.07) is 5.87. The Kier molecular flexibility index (Phi) is 4.07. The summed E-state index contributed by atoms with van der Waals surface area (Å²) in [4.78, 5) is 12.4. The van der Waals surface area contributed by atoms with Gasteiger partial charge in [0.05, 0.1) is 5.54 Å². The van der Waals surface area contributed by atoms with Gasteiger partial charge >= 0.3 is 0 Å². The van der Waals surface area contributed by atoms with Gasteiger partial charge in [0.25, 0.3) is 0 Å². The molecule has 1 aromatic rings. The highest BCUT2D eigenvalue weighted by molar-refractivity contribution is 9.10. The van der Waals surface area contributed by atoms with Gasteiger partial charge in [-0.15, -0.1) is 0 Å². The molecule has 2 rings (SSSR count). The summed E-state index contributed by atoms with van der Waals surface area (Å²) in [7, 11) is 0. The molecule has 1 fully saturated rings. The Balaban J connectivity index is 2.13. The van der Waals surface area contributed by atoms with Crippen LogP contribution in [0.25, 0.3) is 0 Å². The summed E-state index contributed by atoms with van der Waals surface area (Å²) in [5.74, 6) is 0.0872. The van der Waals surface area contributed by atoms with Crippen molar-refractivity contribution in [1.82, 2.24) is 5.32 Å². The van der Waals surface area contributed by atoms with Crippen molar-refractivity contribution < 1.29 is 4.79 Å². The fourth-order valence-corrected chi connectivity index (χ4v) is 2.68. The predicted octanol–water partition coefficient (Wildman–Crippen LogP) is 3.23. The molecule has 1 saturated heterocycles. The average Bonchev–Trinajstić information content (AvgIpc) is 2.84. The zero-order valence-electron chi connectivity index (χ0n) is 10.8. The third-order valence-electron chi connectivity index (χ3n) is 3.70. The Hall–Kier alpha value is -0.870. The molecule has 1 atom stereocenters. The summed E-state index contributed by atoms with van der Waals surface area (Å²) >= 11 is 3.46. The normalized spacial score (nSPS) is 23.1. The number of nitrogens with one attached hydrogen (secondary N) is 2. The van der Waals surface area contributed by atoms with E-state index in [-0.39, 0.29) is 11.4 Å². The second kappa shape index (κ2) is 5.41. The Bertz CT molecular complexity index is 453. The predicted molar refractivity (Wildman–Crippen MR) is 77.8 cm³/mol. The number of benzene rings is 1. The highest BCUT2D eigenvalue weighted by atomic mass is 79.9. The second-order valence-electron chi connectivity index (χ2n) is 4.88. The molecule has 0 aromatic heterocycles. The molecule has 1 aliphatic rings. The minimum atomic E-state index is -0.374.